The lowest BCUT2D eigenvalue weighted by Gasteiger charge is -2.18. The van der Waals surface area contributed by atoms with Gasteiger partial charge in [0, 0.05) is 32.1 Å². The average molecular weight is 225 g/mol. The standard InChI is InChI=1S/C12H23N3O/c1-10(2)9-11(3)15-7-5-13-12(15)14-6-8-16-4/h5,7,10-11H,6,8-9H2,1-4H3,(H,13,14). The number of hydrogen-bond acceptors (Lipinski definition) is 3. The highest BCUT2D eigenvalue weighted by molar-refractivity contribution is 5.26. The summed E-state index contributed by atoms with van der Waals surface area (Å²) in [6.07, 6.45) is 5.03. The molecule has 0 aliphatic heterocycles. The zero-order chi connectivity index (χ0) is 12.0. The molecule has 0 aliphatic carbocycles. The molecule has 1 aromatic rings. The summed E-state index contributed by atoms with van der Waals surface area (Å²) in [4.78, 5) is 4.31. The summed E-state index contributed by atoms with van der Waals surface area (Å²) in [7, 11) is 1.70. The van der Waals surface area contributed by atoms with Gasteiger partial charge in [-0.1, -0.05) is 13.8 Å². The molecule has 0 spiro atoms. The van der Waals surface area contributed by atoms with E-state index in [1.54, 1.807) is 7.11 Å². The first kappa shape index (κ1) is 13.0. The molecular weight excluding hydrogens is 202 g/mol. The molecule has 1 heterocycles. The molecule has 92 valence electrons. The molecular formula is C12H23N3O. The van der Waals surface area contributed by atoms with E-state index in [1.165, 1.54) is 0 Å². The number of anilines is 1. The fourth-order valence-corrected chi connectivity index (χ4v) is 1.87. The SMILES string of the molecule is COCCNc1nccn1C(C)CC(C)C. The van der Waals surface area contributed by atoms with Crippen molar-refractivity contribution in [2.24, 2.45) is 5.92 Å². The van der Waals surface area contributed by atoms with Crippen molar-refractivity contribution in [1.82, 2.24) is 9.55 Å². The van der Waals surface area contributed by atoms with Crippen molar-refractivity contribution >= 4 is 5.95 Å². The second-order valence-electron chi connectivity index (χ2n) is 4.56. The predicted octanol–water partition coefficient (Wildman–Crippen LogP) is 2.55. The second kappa shape index (κ2) is 6.53. The fraction of sp³-hybridized carbons (Fsp3) is 0.750. The largest absolute Gasteiger partial charge is 0.383 e. The van der Waals surface area contributed by atoms with Crippen LogP contribution in [-0.2, 0) is 4.74 Å². The molecule has 0 amide bonds. The van der Waals surface area contributed by atoms with Crippen LogP contribution in [0.4, 0.5) is 5.95 Å². The van der Waals surface area contributed by atoms with Gasteiger partial charge < -0.3 is 14.6 Å². The quantitative estimate of drug-likeness (QED) is 0.725. The van der Waals surface area contributed by atoms with Gasteiger partial charge in [-0.3, -0.25) is 0 Å². The summed E-state index contributed by atoms with van der Waals surface area (Å²) in [5.74, 6) is 1.63. The van der Waals surface area contributed by atoms with Gasteiger partial charge in [0.1, 0.15) is 0 Å². The van der Waals surface area contributed by atoms with Crippen molar-refractivity contribution in [2.75, 3.05) is 25.6 Å². The van der Waals surface area contributed by atoms with Gasteiger partial charge in [-0.05, 0) is 19.3 Å². The molecule has 1 unspecified atom stereocenters. The zero-order valence-corrected chi connectivity index (χ0v) is 10.7. The molecule has 0 saturated carbocycles. The van der Waals surface area contributed by atoms with Crippen molar-refractivity contribution in [3.8, 4) is 0 Å². The molecule has 0 fully saturated rings. The van der Waals surface area contributed by atoms with Crippen LogP contribution in [0.2, 0.25) is 0 Å². The number of imidazole rings is 1. The molecule has 0 aliphatic rings. The summed E-state index contributed by atoms with van der Waals surface area (Å²) >= 11 is 0. The van der Waals surface area contributed by atoms with Gasteiger partial charge in [-0.15, -0.1) is 0 Å². The minimum atomic E-state index is 0.479. The molecule has 1 atom stereocenters. The van der Waals surface area contributed by atoms with Crippen LogP contribution in [0.5, 0.6) is 0 Å². The van der Waals surface area contributed by atoms with E-state index in [0.29, 0.717) is 18.6 Å². The normalized spacial score (nSPS) is 13.1. The Kier molecular flexibility index (Phi) is 5.32. The average Bonchev–Trinajstić information content (AvgIpc) is 2.65. The van der Waals surface area contributed by atoms with E-state index in [9.17, 15) is 0 Å². The van der Waals surface area contributed by atoms with Crippen LogP contribution in [0.25, 0.3) is 0 Å². The number of methoxy groups -OCH3 is 1. The third kappa shape index (κ3) is 3.85. The molecule has 1 aromatic heterocycles. The maximum atomic E-state index is 5.01. The van der Waals surface area contributed by atoms with Gasteiger partial charge in [-0.2, -0.15) is 0 Å². The first-order chi connectivity index (χ1) is 7.65. The van der Waals surface area contributed by atoms with Crippen LogP contribution in [0, 0.1) is 5.92 Å². The maximum absolute atomic E-state index is 5.01. The molecule has 0 saturated heterocycles. The van der Waals surface area contributed by atoms with E-state index in [2.05, 4.69) is 35.6 Å². The Morgan fingerprint density at radius 2 is 2.19 bits per heavy atom. The third-order valence-corrected chi connectivity index (χ3v) is 2.55. The van der Waals surface area contributed by atoms with Crippen LogP contribution < -0.4 is 5.32 Å². The highest BCUT2D eigenvalue weighted by Crippen LogP contribution is 2.20. The van der Waals surface area contributed by atoms with Gasteiger partial charge in [-0.25, -0.2) is 4.98 Å². The molecule has 1 N–H and O–H groups in total. The van der Waals surface area contributed by atoms with E-state index in [4.69, 9.17) is 4.74 Å². The fourth-order valence-electron chi connectivity index (χ4n) is 1.87. The topological polar surface area (TPSA) is 39.1 Å². The van der Waals surface area contributed by atoms with Crippen LogP contribution in [0.1, 0.15) is 33.2 Å². The number of nitrogens with zero attached hydrogens (tertiary/aromatic N) is 2. The van der Waals surface area contributed by atoms with Crippen LogP contribution in [-0.4, -0.2) is 29.8 Å². The zero-order valence-electron chi connectivity index (χ0n) is 10.7. The number of nitrogens with one attached hydrogen (secondary N) is 1. The Morgan fingerprint density at radius 3 is 2.81 bits per heavy atom. The third-order valence-electron chi connectivity index (χ3n) is 2.55. The molecule has 0 aromatic carbocycles. The van der Waals surface area contributed by atoms with E-state index < -0.39 is 0 Å². The van der Waals surface area contributed by atoms with Crippen molar-refractivity contribution in [3.63, 3.8) is 0 Å². The van der Waals surface area contributed by atoms with Crippen molar-refractivity contribution < 1.29 is 4.74 Å². The number of hydrogen-bond donors (Lipinski definition) is 1. The first-order valence-electron chi connectivity index (χ1n) is 5.90. The minimum absolute atomic E-state index is 0.479. The Hall–Kier alpha value is -1.03. The Labute approximate surface area is 98.0 Å². The number of ether oxygens (including phenoxy) is 1. The van der Waals surface area contributed by atoms with E-state index in [0.717, 1.165) is 18.9 Å². The smallest absolute Gasteiger partial charge is 0.203 e. The van der Waals surface area contributed by atoms with E-state index >= 15 is 0 Å². The van der Waals surface area contributed by atoms with Crippen molar-refractivity contribution in [2.45, 2.75) is 33.2 Å². The second-order valence-corrected chi connectivity index (χ2v) is 4.56. The molecule has 16 heavy (non-hydrogen) atoms. The van der Waals surface area contributed by atoms with Gasteiger partial charge in [0.25, 0.3) is 0 Å². The molecule has 0 radical (unpaired) electrons. The summed E-state index contributed by atoms with van der Waals surface area (Å²) in [5, 5.41) is 3.28. The van der Waals surface area contributed by atoms with Gasteiger partial charge in [0.15, 0.2) is 0 Å². The van der Waals surface area contributed by atoms with Crippen molar-refractivity contribution in [1.29, 1.82) is 0 Å². The lowest BCUT2D eigenvalue weighted by atomic mass is 10.1. The lowest BCUT2D eigenvalue weighted by Crippen LogP contribution is -2.15. The highest BCUT2D eigenvalue weighted by atomic mass is 16.5. The predicted molar refractivity (Wildman–Crippen MR) is 66.8 cm³/mol. The van der Waals surface area contributed by atoms with Crippen LogP contribution in [0.15, 0.2) is 12.4 Å². The first-order valence-corrected chi connectivity index (χ1v) is 5.90. The summed E-state index contributed by atoms with van der Waals surface area (Å²) in [6, 6.07) is 0.479. The Morgan fingerprint density at radius 1 is 1.44 bits per heavy atom. The Balaban J connectivity index is 2.55. The summed E-state index contributed by atoms with van der Waals surface area (Å²) in [6.45, 7) is 8.20. The van der Waals surface area contributed by atoms with E-state index in [1.807, 2.05) is 12.4 Å². The van der Waals surface area contributed by atoms with Crippen molar-refractivity contribution in [3.05, 3.63) is 12.4 Å². The highest BCUT2D eigenvalue weighted by Gasteiger charge is 2.10. The number of rotatable bonds is 7. The minimum Gasteiger partial charge on any atom is -0.383 e. The monoisotopic (exact) mass is 225 g/mol. The molecule has 4 nitrogen and oxygen atoms in total. The van der Waals surface area contributed by atoms with Gasteiger partial charge in [0.05, 0.1) is 6.61 Å². The van der Waals surface area contributed by atoms with Gasteiger partial charge >= 0.3 is 0 Å². The van der Waals surface area contributed by atoms with E-state index in [-0.39, 0.29) is 0 Å². The summed E-state index contributed by atoms with van der Waals surface area (Å²) < 4.78 is 7.20. The lowest BCUT2D eigenvalue weighted by molar-refractivity contribution is 0.210. The summed E-state index contributed by atoms with van der Waals surface area (Å²) in [5.41, 5.74) is 0. The number of aromatic nitrogens is 2. The maximum Gasteiger partial charge on any atom is 0.203 e. The van der Waals surface area contributed by atoms with Crippen LogP contribution >= 0.6 is 0 Å². The Bertz CT molecular complexity index is 296. The van der Waals surface area contributed by atoms with Gasteiger partial charge in [0.2, 0.25) is 5.95 Å². The molecule has 0 bridgehead atoms. The van der Waals surface area contributed by atoms with Crippen LogP contribution in [0.3, 0.4) is 0 Å². The molecule has 4 heteroatoms. The molecule has 1 rings (SSSR count).